The van der Waals surface area contributed by atoms with Crippen LogP contribution in [0.1, 0.15) is 82.0 Å². The molecule has 3 rings (SSSR count). The zero-order chi connectivity index (χ0) is 28.6. The van der Waals surface area contributed by atoms with Crippen LogP contribution < -0.4 is 14.2 Å². The summed E-state index contributed by atoms with van der Waals surface area (Å²) < 4.78 is 17.8. The number of esters is 1. The van der Waals surface area contributed by atoms with Crippen LogP contribution in [0.3, 0.4) is 0 Å². The topological polar surface area (TPSA) is 61.8 Å². The van der Waals surface area contributed by atoms with E-state index in [2.05, 4.69) is 6.92 Å². The number of hydrogen-bond acceptors (Lipinski definition) is 5. The van der Waals surface area contributed by atoms with E-state index in [1.807, 2.05) is 42.5 Å². The Labute approximate surface area is 243 Å². The Kier molecular flexibility index (Phi) is 13.6. The molecule has 1 unspecified atom stereocenters. The summed E-state index contributed by atoms with van der Waals surface area (Å²) in [4.78, 5) is 24.4. The van der Waals surface area contributed by atoms with Gasteiger partial charge in [0.1, 0.15) is 5.75 Å². The van der Waals surface area contributed by atoms with Crippen LogP contribution in [0, 0.1) is 5.92 Å². The maximum absolute atomic E-state index is 13.1. The fourth-order valence-electron chi connectivity index (χ4n) is 4.36. The van der Waals surface area contributed by atoms with Gasteiger partial charge in [-0.15, -0.1) is 0 Å². The summed E-state index contributed by atoms with van der Waals surface area (Å²) in [5.41, 5.74) is 2.19. The average molecular weight is 565 g/mol. The number of carbonyl (C=O) groups is 2. The predicted octanol–water partition coefficient (Wildman–Crippen LogP) is 9.26. The second-order valence-corrected chi connectivity index (χ2v) is 10.5. The van der Waals surface area contributed by atoms with Crippen molar-refractivity contribution in [3.05, 3.63) is 78.4 Å². The fraction of sp³-hybridized carbons (Fsp3) is 0.412. The molecule has 5 nitrogen and oxygen atoms in total. The van der Waals surface area contributed by atoms with Gasteiger partial charge in [-0.25, -0.2) is 4.79 Å². The van der Waals surface area contributed by atoms with Crippen molar-refractivity contribution < 1.29 is 23.8 Å². The van der Waals surface area contributed by atoms with Gasteiger partial charge in [0.15, 0.2) is 11.5 Å². The summed E-state index contributed by atoms with van der Waals surface area (Å²) in [7, 11) is 0. The van der Waals surface area contributed by atoms with Crippen molar-refractivity contribution in [1.29, 1.82) is 0 Å². The van der Waals surface area contributed by atoms with Crippen molar-refractivity contribution >= 4 is 22.8 Å². The van der Waals surface area contributed by atoms with Gasteiger partial charge in [-0.05, 0) is 66.8 Å². The maximum atomic E-state index is 13.1. The third-order valence-corrected chi connectivity index (χ3v) is 7.16. The summed E-state index contributed by atoms with van der Waals surface area (Å²) in [6, 6.07) is 22.3. The zero-order valence-corrected chi connectivity index (χ0v) is 24.5. The molecule has 0 saturated carbocycles. The SMILES string of the molecule is CCCCCCCCCOc1ccc(C(=O)Oc2cccc(-c3ccccc3)c2OCCCC(C)C(=O)Cl)cc1. The molecule has 0 aliphatic carbocycles. The van der Waals surface area contributed by atoms with Crippen LogP contribution in [0.5, 0.6) is 17.2 Å². The molecule has 1 atom stereocenters. The zero-order valence-electron chi connectivity index (χ0n) is 23.7. The van der Waals surface area contributed by atoms with E-state index in [4.69, 9.17) is 25.8 Å². The number of unbranched alkanes of at least 4 members (excludes halogenated alkanes) is 6. The predicted molar refractivity (Wildman–Crippen MR) is 162 cm³/mol. The highest BCUT2D eigenvalue weighted by molar-refractivity contribution is 6.63. The smallest absolute Gasteiger partial charge is 0.343 e. The Bertz CT molecular complexity index is 1180. The largest absolute Gasteiger partial charge is 0.494 e. The number of para-hydroxylation sites is 1. The number of hydrogen-bond donors (Lipinski definition) is 0. The Balaban J connectivity index is 1.61. The van der Waals surface area contributed by atoms with E-state index in [-0.39, 0.29) is 11.2 Å². The van der Waals surface area contributed by atoms with Gasteiger partial charge < -0.3 is 14.2 Å². The number of rotatable bonds is 18. The van der Waals surface area contributed by atoms with Gasteiger partial charge in [-0.2, -0.15) is 0 Å². The lowest BCUT2D eigenvalue weighted by molar-refractivity contribution is -0.114. The van der Waals surface area contributed by atoms with Crippen molar-refractivity contribution in [2.24, 2.45) is 5.92 Å². The van der Waals surface area contributed by atoms with Crippen molar-refractivity contribution in [1.82, 2.24) is 0 Å². The molecule has 0 bridgehead atoms. The van der Waals surface area contributed by atoms with Crippen LogP contribution in [0.4, 0.5) is 0 Å². The molecule has 0 aromatic heterocycles. The standard InChI is InChI=1S/C34H41ClO5/c1-3-4-5-6-7-8-12-24-38-29-22-20-28(21-23-29)34(37)40-31-19-13-18-30(27-16-10-9-11-17-27)32(31)39-25-14-15-26(2)33(35)36/h9-11,13,16-23,26H,3-8,12,14-15,24-25H2,1-2H3. The third-order valence-electron chi connectivity index (χ3n) is 6.79. The molecule has 0 heterocycles. The first kappa shape index (κ1) is 31.2. The van der Waals surface area contributed by atoms with E-state index in [0.29, 0.717) is 43.1 Å². The van der Waals surface area contributed by atoms with Crippen molar-refractivity contribution in [3.8, 4) is 28.4 Å². The number of benzene rings is 3. The lowest BCUT2D eigenvalue weighted by Crippen LogP contribution is -2.11. The van der Waals surface area contributed by atoms with Gasteiger partial charge in [0, 0.05) is 11.5 Å². The van der Waals surface area contributed by atoms with E-state index in [1.165, 1.54) is 38.5 Å². The molecule has 0 aliphatic rings. The van der Waals surface area contributed by atoms with Crippen LogP contribution in [0.15, 0.2) is 72.8 Å². The maximum Gasteiger partial charge on any atom is 0.343 e. The van der Waals surface area contributed by atoms with Gasteiger partial charge in [-0.3, -0.25) is 4.79 Å². The molecule has 214 valence electrons. The van der Waals surface area contributed by atoms with E-state index in [9.17, 15) is 9.59 Å². The molecule has 0 spiro atoms. The van der Waals surface area contributed by atoms with E-state index >= 15 is 0 Å². The molecule has 40 heavy (non-hydrogen) atoms. The van der Waals surface area contributed by atoms with Gasteiger partial charge in [0.2, 0.25) is 5.24 Å². The molecular formula is C34H41ClO5. The van der Waals surface area contributed by atoms with Crippen LogP contribution in [-0.2, 0) is 4.79 Å². The van der Waals surface area contributed by atoms with Gasteiger partial charge in [0.05, 0.1) is 18.8 Å². The number of halogens is 1. The summed E-state index contributed by atoms with van der Waals surface area (Å²) in [5, 5.41) is -0.353. The second kappa shape index (κ2) is 17.4. The van der Waals surface area contributed by atoms with E-state index in [0.717, 1.165) is 23.3 Å². The Hall–Kier alpha value is -3.31. The lowest BCUT2D eigenvalue weighted by atomic mass is 10.0. The summed E-state index contributed by atoms with van der Waals surface area (Å²) in [6.45, 7) is 5.05. The van der Waals surface area contributed by atoms with Gasteiger partial charge >= 0.3 is 5.97 Å². The van der Waals surface area contributed by atoms with Gasteiger partial charge in [0.25, 0.3) is 0 Å². The summed E-state index contributed by atoms with van der Waals surface area (Å²) in [6.07, 6.45) is 9.87. The monoisotopic (exact) mass is 564 g/mol. The highest BCUT2D eigenvalue weighted by atomic mass is 35.5. The number of carbonyl (C=O) groups excluding carboxylic acids is 2. The molecule has 3 aromatic rings. The molecule has 0 aliphatic heterocycles. The van der Waals surface area contributed by atoms with Crippen LogP contribution in [0.25, 0.3) is 11.1 Å². The molecule has 0 radical (unpaired) electrons. The Morgan fingerprint density at radius 3 is 2.12 bits per heavy atom. The molecule has 0 saturated heterocycles. The average Bonchev–Trinajstić information content (AvgIpc) is 2.97. The molecule has 0 N–H and O–H groups in total. The van der Waals surface area contributed by atoms with Crippen LogP contribution >= 0.6 is 11.6 Å². The normalized spacial score (nSPS) is 11.6. The molecule has 0 fully saturated rings. The third kappa shape index (κ3) is 10.3. The van der Waals surface area contributed by atoms with Gasteiger partial charge in [-0.1, -0.05) is 94.8 Å². The lowest BCUT2D eigenvalue weighted by Gasteiger charge is -2.16. The second-order valence-electron chi connectivity index (χ2n) is 10.1. The molecule has 0 amide bonds. The van der Waals surface area contributed by atoms with Crippen LogP contribution in [-0.4, -0.2) is 24.4 Å². The highest BCUT2D eigenvalue weighted by Gasteiger charge is 2.18. The minimum absolute atomic E-state index is 0.241. The summed E-state index contributed by atoms with van der Waals surface area (Å²) >= 11 is 5.59. The molecule has 3 aromatic carbocycles. The molecular weight excluding hydrogens is 524 g/mol. The first-order valence-electron chi connectivity index (χ1n) is 14.4. The Morgan fingerprint density at radius 2 is 1.43 bits per heavy atom. The van der Waals surface area contributed by atoms with Crippen LogP contribution in [0.2, 0.25) is 0 Å². The summed E-state index contributed by atoms with van der Waals surface area (Å²) in [5.74, 6) is 0.848. The Morgan fingerprint density at radius 1 is 0.750 bits per heavy atom. The molecule has 6 heteroatoms. The quantitative estimate of drug-likeness (QED) is 0.0666. The van der Waals surface area contributed by atoms with Crippen molar-refractivity contribution in [2.45, 2.75) is 71.6 Å². The van der Waals surface area contributed by atoms with Crippen molar-refractivity contribution in [2.75, 3.05) is 13.2 Å². The minimum Gasteiger partial charge on any atom is -0.494 e. The first-order chi connectivity index (χ1) is 19.5. The number of ether oxygens (including phenoxy) is 3. The fourth-order valence-corrected chi connectivity index (χ4v) is 4.47. The minimum atomic E-state index is -0.477. The van der Waals surface area contributed by atoms with Crippen molar-refractivity contribution in [3.63, 3.8) is 0 Å². The highest BCUT2D eigenvalue weighted by Crippen LogP contribution is 2.39. The van der Waals surface area contributed by atoms with E-state index < -0.39 is 5.97 Å². The first-order valence-corrected chi connectivity index (χ1v) is 14.8. The van der Waals surface area contributed by atoms with E-state index in [1.54, 1.807) is 37.3 Å².